The largest absolute Gasteiger partial charge is 0.352 e. The zero-order valence-electron chi connectivity index (χ0n) is 15.3. The lowest BCUT2D eigenvalue weighted by atomic mass is 9.78. The lowest BCUT2D eigenvalue weighted by molar-refractivity contribution is -0.229. The second-order valence-electron chi connectivity index (χ2n) is 7.58. The molecule has 1 saturated carbocycles. The number of rotatable bonds is 6. The van der Waals surface area contributed by atoms with Crippen LogP contribution in [0.1, 0.15) is 62.0 Å². The Balaban J connectivity index is 1.45. The summed E-state index contributed by atoms with van der Waals surface area (Å²) in [5.41, 5.74) is 1.13. The van der Waals surface area contributed by atoms with Crippen molar-refractivity contribution in [2.75, 3.05) is 13.2 Å². The lowest BCUT2D eigenvalue weighted by Crippen LogP contribution is -2.38. The average Bonchev–Trinajstić information content (AvgIpc) is 2.69. The van der Waals surface area contributed by atoms with Gasteiger partial charge in [0.2, 0.25) is 0 Å². The minimum Gasteiger partial charge on any atom is -0.352 e. The average molecular weight is 357 g/mol. The molecule has 3 rings (SSSR count). The van der Waals surface area contributed by atoms with Crippen molar-refractivity contribution in [1.82, 2.24) is 0 Å². The van der Waals surface area contributed by atoms with Crippen LogP contribution in [0.2, 0.25) is 0 Å². The summed E-state index contributed by atoms with van der Waals surface area (Å²) in [6.07, 6.45) is 9.34. The highest BCUT2D eigenvalue weighted by Gasteiger charge is 2.32. The molecular formula is C22H28FNO2. The van der Waals surface area contributed by atoms with Gasteiger partial charge in [0.25, 0.3) is 0 Å². The predicted molar refractivity (Wildman–Crippen MR) is 99.0 cm³/mol. The van der Waals surface area contributed by atoms with Gasteiger partial charge in [0.05, 0.1) is 18.8 Å². The Hall–Kier alpha value is -1.70. The summed E-state index contributed by atoms with van der Waals surface area (Å²) in [7, 11) is 0. The molecular weight excluding hydrogens is 329 g/mol. The first-order chi connectivity index (χ1) is 12.7. The summed E-state index contributed by atoms with van der Waals surface area (Å²) in [4.78, 5) is 0. The normalized spacial score (nSPS) is 29.1. The minimum absolute atomic E-state index is 0.0793. The monoisotopic (exact) mass is 357 g/mol. The fourth-order valence-electron chi connectivity index (χ4n) is 4.15. The third-order valence-corrected chi connectivity index (χ3v) is 5.75. The Labute approximate surface area is 155 Å². The molecule has 0 radical (unpaired) electrons. The summed E-state index contributed by atoms with van der Waals surface area (Å²) in [5, 5.41) is 8.86. The number of ether oxygens (including phenoxy) is 2. The van der Waals surface area contributed by atoms with E-state index in [2.05, 4.69) is 6.58 Å². The summed E-state index contributed by atoms with van der Waals surface area (Å²) in [5.74, 6) is 0.894. The molecule has 1 heterocycles. The maximum atomic E-state index is 13.9. The van der Waals surface area contributed by atoms with Crippen LogP contribution in [0.3, 0.4) is 0 Å². The summed E-state index contributed by atoms with van der Waals surface area (Å²) in [6, 6.07) is 6.91. The highest BCUT2D eigenvalue weighted by atomic mass is 19.1. The van der Waals surface area contributed by atoms with Crippen LogP contribution in [0.5, 0.6) is 0 Å². The van der Waals surface area contributed by atoms with Gasteiger partial charge in [-0.2, -0.15) is 5.26 Å². The molecule has 1 saturated heterocycles. The maximum Gasteiger partial charge on any atom is 0.160 e. The first-order valence-corrected chi connectivity index (χ1v) is 9.75. The van der Waals surface area contributed by atoms with E-state index in [9.17, 15) is 4.39 Å². The molecule has 0 amide bonds. The Kier molecular flexibility index (Phi) is 6.82. The second-order valence-corrected chi connectivity index (χ2v) is 7.58. The summed E-state index contributed by atoms with van der Waals surface area (Å²) >= 11 is 0. The SMILES string of the molecule is C=CCCC[C@H]1CO[C@H](C2CCC(c3ccc(C#N)c(F)c3)CC2)OC1. The maximum absolute atomic E-state index is 13.9. The van der Waals surface area contributed by atoms with Crippen molar-refractivity contribution >= 4 is 0 Å². The highest BCUT2D eigenvalue weighted by Crippen LogP contribution is 2.39. The van der Waals surface area contributed by atoms with E-state index < -0.39 is 5.82 Å². The number of unbranched alkanes of at least 4 members (excludes halogenated alkanes) is 1. The van der Waals surface area contributed by atoms with E-state index in [-0.39, 0.29) is 11.9 Å². The van der Waals surface area contributed by atoms with Crippen LogP contribution in [0.15, 0.2) is 30.9 Å². The van der Waals surface area contributed by atoms with Gasteiger partial charge in [0.1, 0.15) is 11.9 Å². The number of benzene rings is 1. The van der Waals surface area contributed by atoms with Crippen molar-refractivity contribution in [2.45, 2.75) is 57.2 Å². The minimum atomic E-state index is -0.409. The van der Waals surface area contributed by atoms with Crippen molar-refractivity contribution in [2.24, 2.45) is 11.8 Å². The van der Waals surface area contributed by atoms with Crippen molar-refractivity contribution < 1.29 is 13.9 Å². The van der Waals surface area contributed by atoms with Gasteiger partial charge >= 0.3 is 0 Å². The van der Waals surface area contributed by atoms with Gasteiger partial charge in [-0.3, -0.25) is 0 Å². The van der Waals surface area contributed by atoms with Crippen LogP contribution in [-0.4, -0.2) is 19.5 Å². The Morgan fingerprint density at radius 1 is 1.19 bits per heavy atom. The Morgan fingerprint density at radius 3 is 2.54 bits per heavy atom. The van der Waals surface area contributed by atoms with E-state index >= 15 is 0 Å². The number of nitriles is 1. The van der Waals surface area contributed by atoms with E-state index in [1.165, 1.54) is 6.07 Å². The summed E-state index contributed by atoms with van der Waals surface area (Å²) < 4.78 is 25.9. The van der Waals surface area contributed by atoms with Gasteiger partial charge in [-0.1, -0.05) is 12.1 Å². The van der Waals surface area contributed by atoms with Crippen LogP contribution in [-0.2, 0) is 9.47 Å². The van der Waals surface area contributed by atoms with E-state index in [0.717, 1.165) is 63.7 Å². The number of hydrogen-bond acceptors (Lipinski definition) is 3. The molecule has 0 bridgehead atoms. The molecule has 1 aromatic carbocycles. The van der Waals surface area contributed by atoms with Gasteiger partial charge < -0.3 is 9.47 Å². The van der Waals surface area contributed by atoms with Crippen LogP contribution < -0.4 is 0 Å². The molecule has 0 atom stereocenters. The van der Waals surface area contributed by atoms with Crippen LogP contribution in [0, 0.1) is 29.0 Å². The highest BCUT2D eigenvalue weighted by molar-refractivity contribution is 5.34. The molecule has 0 unspecified atom stereocenters. The quantitative estimate of drug-likeness (QED) is 0.511. The molecule has 0 aromatic heterocycles. The molecule has 2 aliphatic rings. The molecule has 1 aliphatic heterocycles. The molecule has 26 heavy (non-hydrogen) atoms. The van der Waals surface area contributed by atoms with Gasteiger partial charge in [0.15, 0.2) is 6.29 Å². The van der Waals surface area contributed by atoms with Crippen LogP contribution in [0.25, 0.3) is 0 Å². The number of halogens is 1. The Bertz CT molecular complexity index is 638. The van der Waals surface area contributed by atoms with Crippen molar-refractivity contribution in [3.8, 4) is 6.07 Å². The first-order valence-electron chi connectivity index (χ1n) is 9.75. The van der Waals surface area contributed by atoms with Crippen LogP contribution in [0.4, 0.5) is 4.39 Å². The molecule has 1 aromatic rings. The van der Waals surface area contributed by atoms with E-state index in [0.29, 0.717) is 17.8 Å². The van der Waals surface area contributed by atoms with Gasteiger partial charge in [0, 0.05) is 11.8 Å². The number of hydrogen-bond donors (Lipinski definition) is 0. The van der Waals surface area contributed by atoms with E-state index in [1.54, 1.807) is 6.07 Å². The molecule has 4 heteroatoms. The van der Waals surface area contributed by atoms with Crippen molar-refractivity contribution in [1.29, 1.82) is 5.26 Å². The third-order valence-electron chi connectivity index (χ3n) is 5.75. The molecule has 2 fully saturated rings. The number of nitrogens with zero attached hydrogens (tertiary/aromatic N) is 1. The van der Waals surface area contributed by atoms with E-state index in [4.69, 9.17) is 14.7 Å². The zero-order chi connectivity index (χ0) is 18.4. The standard InChI is InChI=1S/C22H28FNO2/c1-2-3-4-5-16-14-25-22(26-15-16)18-8-6-17(7-9-18)19-10-11-20(13-24)21(23)12-19/h2,10-12,16-18,22H,1,3-9,14-15H2/t16-,17?,18?,22-. The van der Waals surface area contributed by atoms with Gasteiger partial charge in [-0.25, -0.2) is 4.39 Å². The lowest BCUT2D eigenvalue weighted by Gasteiger charge is -2.37. The molecule has 0 N–H and O–H groups in total. The molecule has 3 nitrogen and oxygen atoms in total. The zero-order valence-corrected chi connectivity index (χ0v) is 15.3. The van der Waals surface area contributed by atoms with Crippen molar-refractivity contribution in [3.05, 3.63) is 47.8 Å². The molecule has 1 aliphatic carbocycles. The predicted octanol–water partition coefficient (Wildman–Crippen LogP) is 5.32. The van der Waals surface area contributed by atoms with Gasteiger partial charge in [-0.15, -0.1) is 6.58 Å². The smallest absolute Gasteiger partial charge is 0.160 e. The Morgan fingerprint density at radius 2 is 1.92 bits per heavy atom. The molecule has 0 spiro atoms. The third kappa shape index (κ3) is 4.72. The van der Waals surface area contributed by atoms with Crippen LogP contribution >= 0.6 is 0 Å². The topological polar surface area (TPSA) is 42.2 Å². The fraction of sp³-hybridized carbons (Fsp3) is 0.591. The summed E-state index contributed by atoms with van der Waals surface area (Å²) in [6.45, 7) is 5.35. The number of allylic oxidation sites excluding steroid dienone is 1. The second kappa shape index (κ2) is 9.30. The fourth-order valence-corrected chi connectivity index (χ4v) is 4.15. The van der Waals surface area contributed by atoms with Crippen molar-refractivity contribution in [3.63, 3.8) is 0 Å². The first kappa shape index (κ1) is 19.1. The van der Waals surface area contributed by atoms with E-state index in [1.807, 2.05) is 18.2 Å². The van der Waals surface area contributed by atoms with Gasteiger partial charge in [-0.05, 0) is 68.6 Å². The molecule has 140 valence electrons.